The van der Waals surface area contributed by atoms with Gasteiger partial charge in [-0.3, -0.25) is 14.9 Å². The molecule has 0 atom stereocenters. The maximum atomic E-state index is 12.1. The van der Waals surface area contributed by atoms with Gasteiger partial charge < -0.3 is 4.90 Å². The van der Waals surface area contributed by atoms with Crippen LogP contribution in [0.3, 0.4) is 0 Å². The highest BCUT2D eigenvalue weighted by atomic mass is 79.9. The summed E-state index contributed by atoms with van der Waals surface area (Å²) in [7, 11) is 0. The van der Waals surface area contributed by atoms with Crippen LogP contribution >= 0.6 is 15.9 Å². The van der Waals surface area contributed by atoms with Crippen molar-refractivity contribution in [3.8, 4) is 0 Å². The maximum absolute atomic E-state index is 12.1. The average molecular weight is 327 g/mol. The number of nitro groups is 1. The quantitative estimate of drug-likeness (QED) is 0.348. The molecule has 1 aromatic rings. The zero-order valence-electron chi connectivity index (χ0n) is 10.8. The summed E-state index contributed by atoms with van der Waals surface area (Å²) < 4.78 is 0.435. The highest BCUT2D eigenvalue weighted by Gasteiger charge is 2.12. The van der Waals surface area contributed by atoms with Gasteiger partial charge in [-0.05, 0) is 41.9 Å². The Morgan fingerprint density at radius 1 is 1.32 bits per heavy atom. The number of halogens is 1. The molecular formula is C13H15BrN2O3. The summed E-state index contributed by atoms with van der Waals surface area (Å²) in [6.07, 6.45) is 1.74. The molecule has 0 saturated heterocycles. The lowest BCUT2D eigenvalue weighted by atomic mass is 10.1. The van der Waals surface area contributed by atoms with Crippen molar-refractivity contribution in [3.05, 3.63) is 50.6 Å². The zero-order valence-corrected chi connectivity index (χ0v) is 12.4. The number of hydrogen-bond donors (Lipinski definition) is 0. The molecule has 0 spiro atoms. The number of rotatable bonds is 6. The Morgan fingerprint density at radius 3 is 2.26 bits per heavy atom. The second-order valence-electron chi connectivity index (χ2n) is 3.83. The van der Waals surface area contributed by atoms with Crippen molar-refractivity contribution in [2.45, 2.75) is 13.8 Å². The fourth-order valence-electron chi connectivity index (χ4n) is 1.50. The van der Waals surface area contributed by atoms with E-state index in [2.05, 4.69) is 15.9 Å². The van der Waals surface area contributed by atoms with Gasteiger partial charge in [0.15, 0.2) is 0 Å². The van der Waals surface area contributed by atoms with Crippen molar-refractivity contribution in [1.29, 1.82) is 0 Å². The van der Waals surface area contributed by atoms with Gasteiger partial charge in [0, 0.05) is 37.0 Å². The molecule has 0 radical (unpaired) electrons. The van der Waals surface area contributed by atoms with Crippen molar-refractivity contribution < 1.29 is 9.72 Å². The van der Waals surface area contributed by atoms with Crippen molar-refractivity contribution in [2.24, 2.45) is 0 Å². The number of benzene rings is 1. The van der Waals surface area contributed by atoms with Crippen LogP contribution in [0.5, 0.6) is 0 Å². The molecule has 1 rings (SSSR count). The summed E-state index contributed by atoms with van der Waals surface area (Å²) in [5, 5.41) is 10.5. The number of Topliss-reactive ketones (excluding diaryl/α,β-unsaturated/α-hetero) is 1. The standard InChI is InChI=1S/C13H15BrN2O3/c1-3-15(4-2)9-12(14)13(17)10-5-7-11(8-6-10)16(18)19/h5-9H,3-4H2,1-2H3/b12-9-. The van der Waals surface area contributed by atoms with Crippen LogP contribution in [-0.4, -0.2) is 28.7 Å². The minimum Gasteiger partial charge on any atom is -0.377 e. The molecular weight excluding hydrogens is 312 g/mol. The molecule has 0 aliphatic heterocycles. The van der Waals surface area contributed by atoms with Crippen LogP contribution in [0.4, 0.5) is 5.69 Å². The van der Waals surface area contributed by atoms with E-state index in [1.54, 1.807) is 6.20 Å². The Bertz CT molecular complexity index is 493. The van der Waals surface area contributed by atoms with E-state index in [0.29, 0.717) is 10.0 Å². The number of allylic oxidation sites excluding steroid dienone is 1. The van der Waals surface area contributed by atoms with E-state index in [-0.39, 0.29) is 11.5 Å². The Kier molecular flexibility index (Phi) is 5.69. The molecule has 0 bridgehead atoms. The highest BCUT2D eigenvalue weighted by Crippen LogP contribution is 2.18. The summed E-state index contributed by atoms with van der Waals surface area (Å²) in [5.74, 6) is -0.193. The van der Waals surface area contributed by atoms with Crippen molar-refractivity contribution in [2.75, 3.05) is 13.1 Å². The molecule has 0 amide bonds. The topological polar surface area (TPSA) is 63.5 Å². The van der Waals surface area contributed by atoms with E-state index >= 15 is 0 Å². The van der Waals surface area contributed by atoms with Gasteiger partial charge in [0.2, 0.25) is 5.78 Å². The van der Waals surface area contributed by atoms with Crippen LogP contribution in [0.25, 0.3) is 0 Å². The molecule has 0 heterocycles. The third-order valence-corrected chi connectivity index (χ3v) is 3.23. The average Bonchev–Trinajstić information content (AvgIpc) is 2.43. The minimum atomic E-state index is -0.491. The van der Waals surface area contributed by atoms with Gasteiger partial charge in [-0.1, -0.05) is 0 Å². The molecule has 6 heteroatoms. The molecule has 0 aliphatic carbocycles. The van der Waals surface area contributed by atoms with E-state index in [1.807, 2.05) is 18.7 Å². The van der Waals surface area contributed by atoms with E-state index < -0.39 is 4.92 Å². The molecule has 0 saturated carbocycles. The molecule has 0 aromatic heterocycles. The largest absolute Gasteiger partial charge is 0.377 e. The van der Waals surface area contributed by atoms with Crippen LogP contribution in [0, 0.1) is 10.1 Å². The van der Waals surface area contributed by atoms with Crippen molar-refractivity contribution in [1.82, 2.24) is 4.90 Å². The van der Waals surface area contributed by atoms with E-state index in [4.69, 9.17) is 0 Å². The Labute approximate surface area is 120 Å². The van der Waals surface area contributed by atoms with E-state index in [0.717, 1.165) is 13.1 Å². The first-order valence-corrected chi connectivity index (χ1v) is 6.69. The molecule has 19 heavy (non-hydrogen) atoms. The van der Waals surface area contributed by atoms with Gasteiger partial charge in [-0.25, -0.2) is 0 Å². The van der Waals surface area contributed by atoms with Crippen LogP contribution in [-0.2, 0) is 0 Å². The van der Waals surface area contributed by atoms with Gasteiger partial charge in [-0.15, -0.1) is 0 Å². The summed E-state index contributed by atoms with van der Waals surface area (Å²) in [5.41, 5.74) is 0.390. The normalized spacial score (nSPS) is 11.2. The van der Waals surface area contributed by atoms with Crippen LogP contribution in [0.2, 0.25) is 0 Å². The second kappa shape index (κ2) is 7.04. The predicted molar refractivity (Wildman–Crippen MR) is 77.4 cm³/mol. The van der Waals surface area contributed by atoms with E-state index in [1.165, 1.54) is 24.3 Å². The lowest BCUT2D eigenvalue weighted by Gasteiger charge is -2.15. The predicted octanol–water partition coefficient (Wildman–Crippen LogP) is 3.36. The maximum Gasteiger partial charge on any atom is 0.269 e. The monoisotopic (exact) mass is 326 g/mol. The molecule has 0 fully saturated rings. The molecule has 1 aromatic carbocycles. The summed E-state index contributed by atoms with van der Waals surface area (Å²) in [4.78, 5) is 24.1. The lowest BCUT2D eigenvalue weighted by Crippen LogP contribution is -2.17. The lowest BCUT2D eigenvalue weighted by molar-refractivity contribution is -0.384. The first-order chi connectivity index (χ1) is 8.99. The van der Waals surface area contributed by atoms with Crippen molar-refractivity contribution >= 4 is 27.4 Å². The molecule has 0 N–H and O–H groups in total. The number of nitrogens with zero attached hydrogens (tertiary/aromatic N) is 2. The van der Waals surface area contributed by atoms with Crippen molar-refractivity contribution in [3.63, 3.8) is 0 Å². The first-order valence-electron chi connectivity index (χ1n) is 5.90. The number of hydrogen-bond acceptors (Lipinski definition) is 4. The number of non-ortho nitro benzene ring substituents is 1. The number of ketones is 1. The molecule has 0 unspecified atom stereocenters. The number of carbonyl (C=O) groups is 1. The Hall–Kier alpha value is -1.69. The van der Waals surface area contributed by atoms with Crippen LogP contribution in [0.15, 0.2) is 34.9 Å². The van der Waals surface area contributed by atoms with Crippen LogP contribution in [0.1, 0.15) is 24.2 Å². The van der Waals surface area contributed by atoms with E-state index in [9.17, 15) is 14.9 Å². The fraction of sp³-hybridized carbons (Fsp3) is 0.308. The summed E-state index contributed by atoms with van der Waals surface area (Å²) >= 11 is 3.25. The van der Waals surface area contributed by atoms with Gasteiger partial charge in [-0.2, -0.15) is 0 Å². The zero-order chi connectivity index (χ0) is 14.4. The second-order valence-corrected chi connectivity index (χ2v) is 4.69. The molecule has 5 nitrogen and oxygen atoms in total. The minimum absolute atomic E-state index is 0.0274. The molecule has 0 aliphatic rings. The SMILES string of the molecule is CCN(/C=C(\Br)C(=O)c1ccc([N+](=O)[O-])cc1)CC. The van der Waals surface area contributed by atoms with Gasteiger partial charge in [0.25, 0.3) is 5.69 Å². The van der Waals surface area contributed by atoms with Gasteiger partial charge in [0.1, 0.15) is 0 Å². The smallest absolute Gasteiger partial charge is 0.269 e. The highest BCUT2D eigenvalue weighted by molar-refractivity contribution is 9.12. The van der Waals surface area contributed by atoms with Gasteiger partial charge in [0.05, 0.1) is 9.41 Å². The number of carbonyl (C=O) groups excluding carboxylic acids is 1. The fourth-order valence-corrected chi connectivity index (χ4v) is 2.02. The summed E-state index contributed by atoms with van der Waals surface area (Å²) in [6.45, 7) is 5.60. The Balaban J connectivity index is 2.91. The van der Waals surface area contributed by atoms with Gasteiger partial charge >= 0.3 is 0 Å². The van der Waals surface area contributed by atoms with Crippen LogP contribution < -0.4 is 0 Å². The third kappa shape index (κ3) is 4.17. The summed E-state index contributed by atoms with van der Waals surface area (Å²) in [6, 6.07) is 5.56. The number of nitro benzene ring substituents is 1. The Morgan fingerprint density at radius 2 is 1.84 bits per heavy atom. The first kappa shape index (κ1) is 15.4. The third-order valence-electron chi connectivity index (χ3n) is 2.67. The molecule has 102 valence electrons.